The number of fused-ring (bicyclic) bond motifs is 4. The first kappa shape index (κ1) is 28.2. The maximum atomic E-state index is 8.40. The van der Waals surface area contributed by atoms with Crippen LogP contribution in [0.4, 0.5) is 0 Å². The van der Waals surface area contributed by atoms with E-state index < -0.39 is 0 Å². The Labute approximate surface area is 243 Å². The van der Waals surface area contributed by atoms with Crippen molar-refractivity contribution in [3.05, 3.63) is 126 Å². The smallest absolute Gasteiger partial charge is 0.316 e. The van der Waals surface area contributed by atoms with Crippen molar-refractivity contribution in [2.24, 2.45) is 0 Å². The molecule has 0 unspecified atom stereocenters. The molecule has 1 aliphatic rings. The standard InChI is InChI=1S/C30H22N.C5H8O2.Ir/c1-30(2)27-16-22(20-8-4-3-5-9-20)12-14-25(27)26-15-13-23(17-28(26)30)29-18-21-10-6-7-11-24(21)19-31-29;1-4(6)3-5(2)7;/h3-12,14-19H,1-2H3;3,6H,1-2H3;/q-1;;/p+1/b;4-3-;. The fourth-order valence-electron chi connectivity index (χ4n) is 5.16. The number of allylic oxidation sites excluding steroid dienone is 2. The number of hydrogen-bond donors (Lipinski definition) is 1. The van der Waals surface area contributed by atoms with Crippen LogP contribution in [0.1, 0.15) is 38.8 Å². The number of pyridine rings is 1. The minimum Gasteiger partial charge on any atom is -0.512 e. The number of aliphatic hydroxyl groups excluding tert-OH is 1. The fraction of sp³-hybridized carbons (Fsp3) is 0.143. The summed E-state index contributed by atoms with van der Waals surface area (Å²) in [5, 5.41) is 10.8. The van der Waals surface area contributed by atoms with Crippen LogP contribution in [0.25, 0.3) is 44.3 Å². The summed E-state index contributed by atoms with van der Waals surface area (Å²) >= 11 is 0. The van der Waals surface area contributed by atoms with Gasteiger partial charge in [0.15, 0.2) is 0 Å². The second kappa shape index (κ2) is 11.5. The van der Waals surface area contributed by atoms with Gasteiger partial charge in [0.2, 0.25) is 0 Å². The van der Waals surface area contributed by atoms with Gasteiger partial charge in [0.05, 0.1) is 18.8 Å². The Kier molecular flexibility index (Phi) is 8.30. The van der Waals surface area contributed by atoms with E-state index in [-0.39, 0.29) is 37.1 Å². The Morgan fingerprint density at radius 2 is 1.49 bits per heavy atom. The summed E-state index contributed by atoms with van der Waals surface area (Å²) in [6.45, 7) is 7.65. The number of ketones is 1. The molecule has 1 heterocycles. The first-order valence-electron chi connectivity index (χ1n) is 12.8. The predicted molar refractivity (Wildman–Crippen MR) is 158 cm³/mol. The number of hydrogen-bond acceptors (Lipinski definition) is 2. The summed E-state index contributed by atoms with van der Waals surface area (Å²) in [7, 11) is 0. The molecule has 2 N–H and O–H groups in total. The van der Waals surface area contributed by atoms with Gasteiger partial charge in [-0.2, -0.15) is 0 Å². The summed E-state index contributed by atoms with van der Waals surface area (Å²) in [5.41, 5.74) is 9.78. The van der Waals surface area contributed by atoms with Crippen LogP contribution in [0, 0.1) is 6.07 Å². The number of carbonyl (C=O) groups excluding carboxylic acids is 1. The van der Waals surface area contributed by atoms with Gasteiger partial charge < -0.3 is 10.1 Å². The summed E-state index contributed by atoms with van der Waals surface area (Å²) in [4.78, 5) is 13.1. The SMILES string of the molecule is CC(=[OH+])/C=C(/C)O.CC1(C)c2cc(-c3cc4ccccc4cn3)[c-]cc2-c2ccc(-c3ccccc3)cc21.[Ir]. The Bertz CT molecular complexity index is 1680. The van der Waals surface area contributed by atoms with Crippen molar-refractivity contribution < 1.29 is 30.0 Å². The van der Waals surface area contributed by atoms with Crippen molar-refractivity contribution in [1.29, 1.82) is 0 Å². The molecule has 4 heteroatoms. The van der Waals surface area contributed by atoms with Crippen LogP contribution in [0.5, 0.6) is 0 Å². The van der Waals surface area contributed by atoms with Crippen molar-refractivity contribution in [3.63, 3.8) is 0 Å². The van der Waals surface area contributed by atoms with E-state index in [1.807, 2.05) is 6.20 Å². The molecule has 5 aromatic rings. The maximum Gasteiger partial charge on any atom is 0.316 e. The molecule has 6 rings (SSSR count). The van der Waals surface area contributed by atoms with Crippen LogP contribution in [-0.2, 0) is 25.5 Å². The Morgan fingerprint density at radius 3 is 2.15 bits per heavy atom. The normalized spacial score (nSPS) is 13.0. The van der Waals surface area contributed by atoms with Crippen molar-refractivity contribution in [2.75, 3.05) is 0 Å². The zero-order valence-electron chi connectivity index (χ0n) is 22.5. The molecule has 1 aliphatic carbocycles. The van der Waals surface area contributed by atoms with Crippen LogP contribution in [0.2, 0.25) is 0 Å². The van der Waals surface area contributed by atoms with E-state index in [0.717, 1.165) is 16.6 Å². The molecule has 0 saturated carbocycles. The Morgan fingerprint density at radius 1 is 0.821 bits per heavy atom. The molecule has 4 aromatic carbocycles. The first-order valence-corrected chi connectivity index (χ1v) is 12.8. The van der Waals surface area contributed by atoms with Gasteiger partial charge in [0, 0.05) is 26.3 Å². The van der Waals surface area contributed by atoms with Crippen molar-refractivity contribution in [3.8, 4) is 33.5 Å². The molecule has 0 aliphatic heterocycles. The Balaban J connectivity index is 0.000000394. The number of aromatic nitrogens is 1. The second-order valence-electron chi connectivity index (χ2n) is 10.3. The summed E-state index contributed by atoms with van der Waals surface area (Å²) in [5.74, 6) is 0.250. The molecule has 0 amide bonds. The molecule has 197 valence electrons. The number of benzene rings is 4. The van der Waals surface area contributed by atoms with Crippen molar-refractivity contribution in [2.45, 2.75) is 33.1 Å². The maximum absolute atomic E-state index is 8.40. The molecule has 3 nitrogen and oxygen atoms in total. The monoisotopic (exact) mass is 690 g/mol. The van der Waals surface area contributed by atoms with Gasteiger partial charge in [0.1, 0.15) is 0 Å². The molecule has 1 radical (unpaired) electrons. The third-order valence-electron chi connectivity index (χ3n) is 7.04. The van der Waals surface area contributed by atoms with Crippen molar-refractivity contribution in [1.82, 2.24) is 4.98 Å². The molecule has 1 aromatic heterocycles. The van der Waals surface area contributed by atoms with Crippen LogP contribution in [-0.4, -0.2) is 20.7 Å². The van der Waals surface area contributed by atoms with Gasteiger partial charge >= 0.3 is 5.78 Å². The van der Waals surface area contributed by atoms with E-state index >= 15 is 0 Å². The predicted octanol–water partition coefficient (Wildman–Crippen LogP) is 8.69. The third-order valence-corrected chi connectivity index (χ3v) is 7.04. The molecular formula is C35H31IrNO2. The molecule has 39 heavy (non-hydrogen) atoms. The number of rotatable bonds is 3. The third kappa shape index (κ3) is 5.78. The quantitative estimate of drug-likeness (QED) is 0.0893. The van der Waals surface area contributed by atoms with E-state index in [9.17, 15) is 0 Å². The van der Waals surface area contributed by atoms with Gasteiger partial charge in [-0.3, -0.25) is 4.79 Å². The van der Waals surface area contributed by atoms with Gasteiger partial charge in [-0.25, -0.2) is 0 Å². The topological polar surface area (TPSA) is 54.5 Å². The van der Waals surface area contributed by atoms with Gasteiger partial charge in [-0.1, -0.05) is 104 Å². The molecule has 0 spiro atoms. The van der Waals surface area contributed by atoms with E-state index in [2.05, 4.69) is 111 Å². The van der Waals surface area contributed by atoms with Gasteiger partial charge in [-0.15, -0.1) is 29.3 Å². The first-order chi connectivity index (χ1) is 18.2. The van der Waals surface area contributed by atoms with E-state index in [1.54, 1.807) is 0 Å². The molecule has 0 atom stereocenters. The zero-order chi connectivity index (χ0) is 26.9. The largest absolute Gasteiger partial charge is 0.512 e. The summed E-state index contributed by atoms with van der Waals surface area (Å²) < 4.78 is 0. The van der Waals surface area contributed by atoms with E-state index in [1.165, 1.54) is 58.7 Å². The number of aliphatic hydroxyl groups is 1. The molecule has 0 saturated heterocycles. The van der Waals surface area contributed by atoms with Gasteiger partial charge in [0.25, 0.3) is 0 Å². The summed E-state index contributed by atoms with van der Waals surface area (Å²) in [6.07, 6.45) is 3.23. The number of nitrogens with zero attached hydrogens (tertiary/aromatic N) is 1. The molecular weight excluding hydrogens is 659 g/mol. The average molecular weight is 690 g/mol. The fourth-order valence-corrected chi connectivity index (χ4v) is 5.16. The van der Waals surface area contributed by atoms with Crippen LogP contribution < -0.4 is 0 Å². The van der Waals surface area contributed by atoms with E-state index in [0.29, 0.717) is 0 Å². The van der Waals surface area contributed by atoms with Crippen LogP contribution in [0.15, 0.2) is 109 Å². The van der Waals surface area contributed by atoms with Crippen LogP contribution in [0.3, 0.4) is 0 Å². The summed E-state index contributed by atoms with van der Waals surface area (Å²) in [6, 6.07) is 35.9. The minimum atomic E-state index is -0.0733. The average Bonchev–Trinajstić information content (AvgIpc) is 3.14. The molecule has 0 fully saturated rings. The Hall–Kier alpha value is -3.85. The van der Waals surface area contributed by atoms with Gasteiger partial charge in [-0.05, 0) is 45.5 Å². The van der Waals surface area contributed by atoms with Crippen LogP contribution >= 0.6 is 0 Å². The molecule has 0 bridgehead atoms. The zero-order valence-corrected chi connectivity index (χ0v) is 24.9. The second-order valence-corrected chi connectivity index (χ2v) is 10.3. The minimum absolute atomic E-state index is 0. The van der Waals surface area contributed by atoms with Crippen molar-refractivity contribution >= 4 is 16.6 Å². The van der Waals surface area contributed by atoms with E-state index in [4.69, 9.17) is 14.9 Å².